The van der Waals surface area contributed by atoms with Crippen LogP contribution in [0.5, 0.6) is 0 Å². The fourth-order valence-electron chi connectivity index (χ4n) is 3.34. The van der Waals surface area contributed by atoms with Gasteiger partial charge in [0.15, 0.2) is 0 Å². The topological polar surface area (TPSA) is 52.6 Å². The lowest BCUT2D eigenvalue weighted by Gasteiger charge is -2.33. The van der Waals surface area contributed by atoms with Gasteiger partial charge in [-0.1, -0.05) is 6.07 Å². The van der Waals surface area contributed by atoms with Crippen LogP contribution in [0.3, 0.4) is 0 Å². The van der Waals surface area contributed by atoms with E-state index >= 15 is 0 Å². The zero-order valence-electron chi connectivity index (χ0n) is 10.9. The quantitative estimate of drug-likeness (QED) is 0.865. The molecule has 2 aliphatic heterocycles. The Kier molecular flexibility index (Phi) is 3.86. The van der Waals surface area contributed by atoms with Gasteiger partial charge in [0.1, 0.15) is 0 Å². The Hall–Kier alpha value is -0.910. The van der Waals surface area contributed by atoms with Crippen molar-refractivity contribution in [3.63, 3.8) is 0 Å². The van der Waals surface area contributed by atoms with E-state index in [1.165, 1.54) is 19.5 Å². The summed E-state index contributed by atoms with van der Waals surface area (Å²) in [5.41, 5.74) is 0. The van der Waals surface area contributed by atoms with Gasteiger partial charge in [0.05, 0.1) is 12.5 Å². The Morgan fingerprint density at radius 1 is 1.53 bits per heavy atom. The van der Waals surface area contributed by atoms with E-state index in [1.54, 1.807) is 11.3 Å². The maximum atomic E-state index is 11.1. The van der Waals surface area contributed by atoms with E-state index in [-0.39, 0.29) is 12.5 Å². The van der Waals surface area contributed by atoms with Crippen LogP contribution < -0.4 is 5.32 Å². The van der Waals surface area contributed by atoms with Crippen molar-refractivity contribution >= 4 is 17.3 Å². The Labute approximate surface area is 117 Å². The molecule has 1 aromatic heterocycles. The number of thiophene rings is 1. The Balaban J connectivity index is 1.68. The van der Waals surface area contributed by atoms with Gasteiger partial charge in [-0.3, -0.25) is 4.79 Å². The van der Waals surface area contributed by atoms with Crippen molar-refractivity contribution in [1.29, 1.82) is 0 Å². The summed E-state index contributed by atoms with van der Waals surface area (Å²) in [5.74, 6) is -0.0280. The number of hydrogen-bond donors (Lipinski definition) is 2. The van der Waals surface area contributed by atoms with Gasteiger partial charge in [-0.25, -0.2) is 0 Å². The van der Waals surface area contributed by atoms with Gasteiger partial charge < -0.3 is 15.3 Å². The number of carbonyl (C=O) groups is 1. The van der Waals surface area contributed by atoms with Crippen molar-refractivity contribution < 1.29 is 9.90 Å². The summed E-state index contributed by atoms with van der Waals surface area (Å²) in [6.07, 6.45) is 2.57. The van der Waals surface area contributed by atoms with E-state index in [0.29, 0.717) is 12.0 Å². The molecule has 4 atom stereocenters. The number of hydrogen-bond acceptors (Lipinski definition) is 4. The number of nitrogens with zero attached hydrogens (tertiary/aromatic N) is 1. The molecule has 3 heterocycles. The zero-order valence-corrected chi connectivity index (χ0v) is 11.7. The van der Waals surface area contributed by atoms with Crippen LogP contribution in [0.2, 0.25) is 0 Å². The first-order chi connectivity index (χ1) is 9.22. The van der Waals surface area contributed by atoms with E-state index in [1.807, 2.05) is 17.5 Å². The van der Waals surface area contributed by atoms with Crippen LogP contribution in [0.25, 0.3) is 0 Å². The number of piperidine rings is 1. The van der Waals surface area contributed by atoms with Crippen LogP contribution >= 0.6 is 11.3 Å². The number of carboxylic acids is 1. The molecule has 2 bridgehead atoms. The predicted molar refractivity (Wildman–Crippen MR) is 75.4 cm³/mol. The van der Waals surface area contributed by atoms with E-state index < -0.39 is 5.97 Å². The van der Waals surface area contributed by atoms with Crippen molar-refractivity contribution in [3.8, 4) is 0 Å². The second-order valence-electron chi connectivity index (χ2n) is 5.58. The molecule has 0 amide bonds. The number of fused-ring (bicyclic) bond motifs is 2. The molecule has 2 saturated heterocycles. The standard InChI is InChI=1S/C14H20N2O2S/c17-14(18)8-12(13-2-1-7-19-13)15-11-4-6-16-5-3-10(11)9-16/h1-2,7,10-12,15H,3-6,8-9H2,(H,17,18). The van der Waals surface area contributed by atoms with Crippen molar-refractivity contribution in [1.82, 2.24) is 10.2 Å². The maximum absolute atomic E-state index is 11.1. The first-order valence-corrected chi connectivity index (χ1v) is 7.84. The van der Waals surface area contributed by atoms with Gasteiger partial charge in [-0.05, 0) is 43.3 Å². The van der Waals surface area contributed by atoms with Gasteiger partial charge in [-0.15, -0.1) is 11.3 Å². The molecule has 4 unspecified atom stereocenters. The fourth-order valence-corrected chi connectivity index (χ4v) is 4.12. The highest BCUT2D eigenvalue weighted by atomic mass is 32.1. The molecule has 3 rings (SSSR count). The number of rotatable bonds is 5. The fraction of sp³-hybridized carbons (Fsp3) is 0.643. The first-order valence-electron chi connectivity index (χ1n) is 6.96. The van der Waals surface area contributed by atoms with Crippen molar-refractivity contribution in [2.45, 2.75) is 31.3 Å². The van der Waals surface area contributed by atoms with Gasteiger partial charge in [0.2, 0.25) is 0 Å². The lowest BCUT2D eigenvalue weighted by molar-refractivity contribution is -0.137. The molecule has 19 heavy (non-hydrogen) atoms. The second-order valence-corrected chi connectivity index (χ2v) is 6.56. The van der Waals surface area contributed by atoms with Crippen molar-refractivity contribution in [2.75, 3.05) is 19.6 Å². The van der Waals surface area contributed by atoms with Crippen molar-refractivity contribution in [3.05, 3.63) is 22.4 Å². The lowest BCUT2D eigenvalue weighted by atomic mass is 9.93. The van der Waals surface area contributed by atoms with Gasteiger partial charge >= 0.3 is 5.97 Å². The van der Waals surface area contributed by atoms with Crippen LogP contribution in [-0.4, -0.2) is 41.7 Å². The summed E-state index contributed by atoms with van der Waals surface area (Å²) in [4.78, 5) is 14.7. The first kappa shape index (κ1) is 13.1. The predicted octanol–water partition coefficient (Wildman–Crippen LogP) is 1.95. The number of nitrogens with one attached hydrogen (secondary N) is 1. The molecule has 0 aromatic carbocycles. The highest BCUT2D eigenvalue weighted by Crippen LogP contribution is 2.30. The van der Waals surface area contributed by atoms with E-state index in [4.69, 9.17) is 5.11 Å². The number of carboxylic acid groups (broad SMARTS) is 1. The van der Waals surface area contributed by atoms with Gasteiger partial charge in [-0.2, -0.15) is 0 Å². The molecule has 104 valence electrons. The summed E-state index contributed by atoms with van der Waals surface area (Å²) in [5, 5.41) is 14.7. The van der Waals surface area contributed by atoms with Crippen LogP contribution in [0.1, 0.15) is 30.2 Å². The van der Waals surface area contributed by atoms with E-state index in [0.717, 1.165) is 17.8 Å². The monoisotopic (exact) mass is 280 g/mol. The smallest absolute Gasteiger partial charge is 0.305 e. The molecule has 2 fully saturated rings. The van der Waals surface area contributed by atoms with Crippen LogP contribution in [0.4, 0.5) is 0 Å². The summed E-state index contributed by atoms with van der Waals surface area (Å²) >= 11 is 1.64. The SMILES string of the molecule is O=C(O)CC(NC1CCN2CCC1C2)c1cccs1. The summed E-state index contributed by atoms with van der Waals surface area (Å²) in [6, 6.07) is 4.48. The van der Waals surface area contributed by atoms with Crippen LogP contribution in [0, 0.1) is 5.92 Å². The van der Waals surface area contributed by atoms with E-state index in [2.05, 4.69) is 10.2 Å². The third-order valence-corrected chi connectivity index (χ3v) is 5.30. The average Bonchev–Trinajstić information content (AvgIpc) is 3.02. The number of aliphatic carboxylic acids is 1. The Bertz CT molecular complexity index is 435. The Morgan fingerprint density at radius 2 is 2.37 bits per heavy atom. The minimum absolute atomic E-state index is 0.0327. The molecule has 0 radical (unpaired) electrons. The summed E-state index contributed by atoms with van der Waals surface area (Å²) in [7, 11) is 0. The zero-order chi connectivity index (χ0) is 13.2. The molecule has 0 saturated carbocycles. The molecular formula is C14H20N2O2S. The highest BCUT2D eigenvalue weighted by molar-refractivity contribution is 7.10. The van der Waals surface area contributed by atoms with Gasteiger partial charge in [0, 0.05) is 17.5 Å². The molecule has 2 N–H and O–H groups in total. The lowest BCUT2D eigenvalue weighted by Crippen LogP contribution is -2.45. The third kappa shape index (κ3) is 2.99. The molecule has 5 heteroatoms. The second kappa shape index (κ2) is 5.61. The average molecular weight is 280 g/mol. The van der Waals surface area contributed by atoms with Crippen LogP contribution in [-0.2, 0) is 4.79 Å². The molecule has 1 aromatic rings. The van der Waals surface area contributed by atoms with E-state index in [9.17, 15) is 4.79 Å². The van der Waals surface area contributed by atoms with Crippen molar-refractivity contribution in [2.24, 2.45) is 5.92 Å². The Morgan fingerprint density at radius 3 is 3.11 bits per heavy atom. The largest absolute Gasteiger partial charge is 0.481 e. The maximum Gasteiger partial charge on any atom is 0.305 e. The molecular weight excluding hydrogens is 260 g/mol. The minimum atomic E-state index is -0.727. The van der Waals surface area contributed by atoms with Gasteiger partial charge in [0.25, 0.3) is 0 Å². The highest BCUT2D eigenvalue weighted by Gasteiger charge is 2.35. The van der Waals surface area contributed by atoms with Crippen LogP contribution in [0.15, 0.2) is 17.5 Å². The minimum Gasteiger partial charge on any atom is -0.481 e. The molecule has 0 aliphatic carbocycles. The molecule has 0 spiro atoms. The summed E-state index contributed by atoms with van der Waals surface area (Å²) < 4.78 is 0. The normalized spacial score (nSPS) is 31.3. The summed E-state index contributed by atoms with van der Waals surface area (Å²) in [6.45, 7) is 3.55. The third-order valence-electron chi connectivity index (χ3n) is 4.31. The molecule has 4 nitrogen and oxygen atoms in total. The molecule has 2 aliphatic rings.